The first kappa shape index (κ1) is 18.0. The first-order chi connectivity index (χ1) is 11.0. The van der Waals surface area contributed by atoms with E-state index in [9.17, 15) is 4.79 Å². The summed E-state index contributed by atoms with van der Waals surface area (Å²) in [6.45, 7) is 4.40. The van der Waals surface area contributed by atoms with E-state index in [1.165, 1.54) is 0 Å². The number of carbonyl (C=O) groups is 1. The Morgan fingerprint density at radius 3 is 2.87 bits per heavy atom. The molecule has 0 bridgehead atoms. The van der Waals surface area contributed by atoms with Crippen LogP contribution in [0.4, 0.5) is 0 Å². The van der Waals surface area contributed by atoms with E-state index in [1.807, 2.05) is 18.2 Å². The third-order valence-electron chi connectivity index (χ3n) is 2.68. The Labute approximate surface area is 154 Å². The van der Waals surface area contributed by atoms with Crippen molar-refractivity contribution in [2.75, 3.05) is 5.75 Å². The molecule has 2 aromatic rings. The highest BCUT2D eigenvalue weighted by molar-refractivity contribution is 9.11. The van der Waals surface area contributed by atoms with Crippen molar-refractivity contribution < 1.29 is 14.6 Å². The Morgan fingerprint density at radius 2 is 2.22 bits per heavy atom. The number of carboxylic acid groups (broad SMARTS) is 1. The van der Waals surface area contributed by atoms with Gasteiger partial charge in [-0.15, -0.1) is 16.8 Å². The molecule has 0 saturated carbocycles. The van der Waals surface area contributed by atoms with Crippen LogP contribution in [-0.2, 0) is 17.9 Å². The lowest BCUT2D eigenvalue weighted by atomic mass is 10.3. The van der Waals surface area contributed by atoms with Crippen molar-refractivity contribution in [2.24, 2.45) is 0 Å². The number of hydrogen-bond donors (Lipinski definition) is 1. The molecule has 0 fully saturated rings. The summed E-state index contributed by atoms with van der Waals surface area (Å²) in [6, 6.07) is 5.60. The number of rotatable bonds is 8. The molecule has 0 aliphatic heterocycles. The molecule has 0 unspecified atom stereocenters. The maximum atomic E-state index is 10.7. The largest absolute Gasteiger partial charge is 0.484 e. The average molecular weight is 463 g/mol. The number of nitrogens with zero attached hydrogens (tertiary/aromatic N) is 3. The van der Waals surface area contributed by atoms with Crippen molar-refractivity contribution in [3.8, 4) is 5.75 Å². The Bertz CT molecular complexity index is 721. The number of ether oxygens (including phenoxy) is 1. The summed E-state index contributed by atoms with van der Waals surface area (Å²) < 4.78 is 9.30. The van der Waals surface area contributed by atoms with Gasteiger partial charge >= 0.3 is 5.97 Å². The number of benzene rings is 1. The number of halogens is 2. The van der Waals surface area contributed by atoms with Gasteiger partial charge in [-0.1, -0.05) is 33.8 Å². The van der Waals surface area contributed by atoms with Crippen LogP contribution in [0.5, 0.6) is 5.75 Å². The summed E-state index contributed by atoms with van der Waals surface area (Å²) in [4.78, 5) is 10.7. The summed E-state index contributed by atoms with van der Waals surface area (Å²) in [5.74, 6) is 0.308. The second-order valence-electron chi connectivity index (χ2n) is 4.34. The number of carboxylic acids is 1. The second-order valence-corrected chi connectivity index (χ2v) is 7.06. The highest BCUT2D eigenvalue weighted by Gasteiger charge is 2.14. The number of allylic oxidation sites excluding steroid dienone is 1. The van der Waals surface area contributed by atoms with Gasteiger partial charge in [0.2, 0.25) is 0 Å². The smallest absolute Gasteiger partial charge is 0.313 e. The van der Waals surface area contributed by atoms with Crippen LogP contribution in [0.3, 0.4) is 0 Å². The van der Waals surface area contributed by atoms with Crippen LogP contribution in [0.1, 0.15) is 5.82 Å². The molecule has 1 aromatic heterocycles. The summed E-state index contributed by atoms with van der Waals surface area (Å²) in [5.41, 5.74) is 0. The Kier molecular flexibility index (Phi) is 6.67. The van der Waals surface area contributed by atoms with E-state index in [4.69, 9.17) is 9.84 Å². The minimum absolute atomic E-state index is 0.0750. The first-order valence-electron chi connectivity index (χ1n) is 6.46. The maximum absolute atomic E-state index is 10.7. The van der Waals surface area contributed by atoms with Crippen molar-refractivity contribution >= 4 is 49.6 Å². The molecule has 0 radical (unpaired) electrons. The number of aliphatic carboxylic acids is 1. The van der Waals surface area contributed by atoms with Crippen molar-refractivity contribution in [1.29, 1.82) is 0 Å². The molecule has 1 heterocycles. The number of aromatic nitrogens is 3. The molecule has 0 amide bonds. The van der Waals surface area contributed by atoms with E-state index in [2.05, 4.69) is 48.6 Å². The molecular formula is C14H13Br2N3O3S. The Hall–Kier alpha value is -1.32. The van der Waals surface area contributed by atoms with Gasteiger partial charge in [0.1, 0.15) is 12.4 Å². The van der Waals surface area contributed by atoms with Gasteiger partial charge in [0, 0.05) is 11.0 Å². The van der Waals surface area contributed by atoms with Crippen LogP contribution in [-0.4, -0.2) is 31.6 Å². The zero-order chi connectivity index (χ0) is 16.8. The van der Waals surface area contributed by atoms with E-state index < -0.39 is 5.97 Å². The van der Waals surface area contributed by atoms with E-state index >= 15 is 0 Å². The zero-order valence-electron chi connectivity index (χ0n) is 11.9. The average Bonchev–Trinajstić information content (AvgIpc) is 2.87. The van der Waals surface area contributed by atoms with Crippen LogP contribution < -0.4 is 4.74 Å². The van der Waals surface area contributed by atoms with Crippen LogP contribution >= 0.6 is 43.6 Å². The van der Waals surface area contributed by atoms with Crippen molar-refractivity contribution in [1.82, 2.24) is 14.8 Å². The predicted octanol–water partition coefficient (Wildman–Crippen LogP) is 3.74. The van der Waals surface area contributed by atoms with Crippen molar-refractivity contribution in [2.45, 2.75) is 18.3 Å². The number of thioether (sulfide) groups is 1. The fourth-order valence-corrected chi connectivity index (χ4v) is 3.55. The van der Waals surface area contributed by atoms with Gasteiger partial charge in [0.25, 0.3) is 0 Å². The van der Waals surface area contributed by atoms with E-state index in [1.54, 1.807) is 10.6 Å². The number of hydrogen-bond acceptors (Lipinski definition) is 5. The van der Waals surface area contributed by atoms with Gasteiger partial charge in [0.15, 0.2) is 11.0 Å². The van der Waals surface area contributed by atoms with E-state index in [-0.39, 0.29) is 12.4 Å². The third kappa shape index (κ3) is 5.08. The third-order valence-corrected chi connectivity index (χ3v) is 4.75. The molecule has 0 aliphatic rings. The lowest BCUT2D eigenvalue weighted by Gasteiger charge is -2.10. The van der Waals surface area contributed by atoms with Crippen LogP contribution in [0, 0.1) is 0 Å². The molecule has 23 heavy (non-hydrogen) atoms. The topological polar surface area (TPSA) is 77.2 Å². The normalized spacial score (nSPS) is 10.5. The monoisotopic (exact) mass is 461 g/mol. The molecule has 122 valence electrons. The van der Waals surface area contributed by atoms with Gasteiger partial charge in [-0.2, -0.15) is 0 Å². The van der Waals surface area contributed by atoms with Gasteiger partial charge in [-0.05, 0) is 34.1 Å². The van der Waals surface area contributed by atoms with Gasteiger partial charge in [-0.3, -0.25) is 9.36 Å². The molecule has 1 N–H and O–H groups in total. The van der Waals surface area contributed by atoms with Crippen molar-refractivity contribution in [3.63, 3.8) is 0 Å². The maximum Gasteiger partial charge on any atom is 0.313 e. The predicted molar refractivity (Wildman–Crippen MR) is 94.8 cm³/mol. The van der Waals surface area contributed by atoms with Crippen LogP contribution in [0.15, 0.2) is 45.0 Å². The van der Waals surface area contributed by atoms with Gasteiger partial charge < -0.3 is 9.84 Å². The molecule has 1 aromatic carbocycles. The molecular weight excluding hydrogens is 450 g/mol. The lowest BCUT2D eigenvalue weighted by molar-refractivity contribution is -0.133. The standard InChI is InChI=1S/C14H13Br2N3O3S/c1-2-5-19-12(17-18-14(19)23-8-13(20)21)7-22-11-4-3-9(15)6-10(11)16/h2-4,6H,1,5,7-8H2,(H,20,21). The molecule has 0 aliphatic carbocycles. The second kappa shape index (κ2) is 8.51. The van der Waals surface area contributed by atoms with Crippen LogP contribution in [0.25, 0.3) is 0 Å². The fourth-order valence-electron chi connectivity index (χ4n) is 1.71. The summed E-state index contributed by atoms with van der Waals surface area (Å²) in [5, 5.41) is 17.4. The zero-order valence-corrected chi connectivity index (χ0v) is 15.9. The molecule has 2 rings (SSSR count). The van der Waals surface area contributed by atoms with Crippen LogP contribution in [0.2, 0.25) is 0 Å². The minimum atomic E-state index is -0.903. The summed E-state index contributed by atoms with van der Waals surface area (Å²) >= 11 is 7.93. The molecule has 0 spiro atoms. The van der Waals surface area contributed by atoms with Crippen molar-refractivity contribution in [3.05, 3.63) is 45.6 Å². The van der Waals surface area contributed by atoms with E-state index in [0.29, 0.717) is 23.3 Å². The van der Waals surface area contributed by atoms with Gasteiger partial charge in [-0.25, -0.2) is 0 Å². The Morgan fingerprint density at radius 1 is 1.43 bits per heavy atom. The van der Waals surface area contributed by atoms with E-state index in [0.717, 1.165) is 20.7 Å². The Balaban J connectivity index is 2.12. The highest BCUT2D eigenvalue weighted by Crippen LogP contribution is 2.29. The molecule has 9 heteroatoms. The summed E-state index contributed by atoms with van der Waals surface area (Å²) in [7, 11) is 0. The SMILES string of the molecule is C=CCn1c(COc2ccc(Br)cc2Br)nnc1SCC(=O)O. The minimum Gasteiger partial charge on any atom is -0.484 e. The highest BCUT2D eigenvalue weighted by atomic mass is 79.9. The molecule has 0 saturated heterocycles. The summed E-state index contributed by atoms with van der Waals surface area (Å²) in [6.07, 6.45) is 1.70. The lowest BCUT2D eigenvalue weighted by Crippen LogP contribution is -2.08. The fraction of sp³-hybridized carbons (Fsp3) is 0.214. The quantitative estimate of drug-likeness (QED) is 0.475. The van der Waals surface area contributed by atoms with Gasteiger partial charge in [0.05, 0.1) is 10.2 Å². The molecule has 0 atom stereocenters. The molecule has 6 nitrogen and oxygen atoms in total. The first-order valence-corrected chi connectivity index (χ1v) is 9.04.